The summed E-state index contributed by atoms with van der Waals surface area (Å²) in [6.45, 7) is 9.83. The Kier molecular flexibility index (Phi) is 8.00. The number of fused-ring (bicyclic) bond motifs is 1. The fourth-order valence-corrected chi connectivity index (χ4v) is 4.49. The maximum Gasteiger partial charge on any atom is 0.418 e. The summed E-state index contributed by atoms with van der Waals surface area (Å²) in [5.41, 5.74) is 2.61. The number of benzene rings is 1. The number of ether oxygens (including phenoxy) is 2. The van der Waals surface area contributed by atoms with E-state index in [0.717, 1.165) is 22.0 Å². The number of carboxylic acid groups (broad SMARTS) is 1. The van der Waals surface area contributed by atoms with E-state index < -0.39 is 23.8 Å². The van der Waals surface area contributed by atoms with Crippen molar-refractivity contribution in [3.05, 3.63) is 48.2 Å². The summed E-state index contributed by atoms with van der Waals surface area (Å²) in [6, 6.07) is 6.18. The summed E-state index contributed by atoms with van der Waals surface area (Å²) < 4.78 is 12.4. The molecule has 1 unspecified atom stereocenters. The summed E-state index contributed by atoms with van der Waals surface area (Å²) in [4.78, 5) is 46.0. The number of likely N-dealkylation sites (tertiary alicyclic amines) is 1. The fourth-order valence-electron chi connectivity index (χ4n) is 4.49. The highest BCUT2D eigenvalue weighted by atomic mass is 16.6. The molecule has 1 fully saturated rings. The zero-order chi connectivity index (χ0) is 27.4. The lowest BCUT2D eigenvalue weighted by Gasteiger charge is -2.42. The number of H-pyrrole nitrogens is 1. The van der Waals surface area contributed by atoms with Crippen molar-refractivity contribution in [1.82, 2.24) is 29.5 Å². The van der Waals surface area contributed by atoms with Gasteiger partial charge in [0.1, 0.15) is 18.3 Å². The number of carbonyl (C=O) groups is 3. The Morgan fingerprint density at radius 3 is 2.68 bits per heavy atom. The van der Waals surface area contributed by atoms with Gasteiger partial charge >= 0.3 is 18.0 Å². The Bertz CT molecular complexity index is 1280. The van der Waals surface area contributed by atoms with Gasteiger partial charge in [0.2, 0.25) is 0 Å². The molecule has 12 heteroatoms. The normalized spacial score (nSPS) is 14.9. The Morgan fingerprint density at radius 2 is 2.03 bits per heavy atom. The molecule has 2 aromatic heterocycles. The zero-order valence-electron chi connectivity index (χ0n) is 22.1. The van der Waals surface area contributed by atoms with E-state index >= 15 is 0 Å². The van der Waals surface area contributed by atoms with Gasteiger partial charge in [-0.25, -0.2) is 24.0 Å². The monoisotopic (exact) mass is 526 g/mol. The lowest BCUT2D eigenvalue weighted by Crippen LogP contribution is -2.56. The number of hydrogen-bond acceptors (Lipinski definition) is 8. The summed E-state index contributed by atoms with van der Waals surface area (Å²) >= 11 is 0. The number of aliphatic carboxylic acids is 1. The van der Waals surface area contributed by atoms with Crippen molar-refractivity contribution in [2.24, 2.45) is 5.92 Å². The summed E-state index contributed by atoms with van der Waals surface area (Å²) in [7, 11) is 0. The maximum absolute atomic E-state index is 12.3. The average molecular weight is 527 g/mol. The molecule has 1 aromatic carbocycles. The predicted molar refractivity (Wildman–Crippen MR) is 137 cm³/mol. The third-order valence-corrected chi connectivity index (χ3v) is 6.38. The number of aromatic nitrogens is 4. The lowest BCUT2D eigenvalue weighted by molar-refractivity contribution is -0.173. The molecule has 3 heterocycles. The number of rotatable bonds is 9. The van der Waals surface area contributed by atoms with Gasteiger partial charge in [-0.05, 0) is 57.4 Å². The van der Waals surface area contributed by atoms with Crippen LogP contribution in [0.2, 0.25) is 0 Å². The van der Waals surface area contributed by atoms with E-state index in [0.29, 0.717) is 39.1 Å². The van der Waals surface area contributed by atoms with Gasteiger partial charge in [-0.15, -0.1) is 0 Å². The molecule has 1 saturated heterocycles. The second-order valence-corrected chi connectivity index (χ2v) is 10.6. The number of aromatic amines is 1. The number of hydrogen-bond donors (Lipinski definition) is 2. The maximum atomic E-state index is 12.3. The first-order chi connectivity index (χ1) is 18.0. The van der Waals surface area contributed by atoms with Gasteiger partial charge in [-0.2, -0.15) is 5.10 Å². The molecule has 0 bridgehead atoms. The first kappa shape index (κ1) is 27.1. The lowest BCUT2D eigenvalue weighted by atomic mass is 9.99. The van der Waals surface area contributed by atoms with Crippen LogP contribution in [0, 0.1) is 5.92 Å². The molecule has 0 spiro atoms. The van der Waals surface area contributed by atoms with E-state index in [1.54, 1.807) is 22.8 Å². The molecule has 1 amide bonds. The van der Waals surface area contributed by atoms with Crippen LogP contribution in [-0.4, -0.2) is 90.7 Å². The zero-order valence-corrected chi connectivity index (χ0v) is 22.1. The van der Waals surface area contributed by atoms with Crippen LogP contribution in [0.25, 0.3) is 10.9 Å². The average Bonchev–Trinajstić information content (AvgIpc) is 3.46. The quantitative estimate of drug-likeness (QED) is 0.244. The van der Waals surface area contributed by atoms with Crippen LogP contribution in [0.5, 0.6) is 0 Å². The van der Waals surface area contributed by atoms with E-state index in [-0.39, 0.29) is 12.0 Å². The molecule has 1 aliphatic heterocycles. The van der Waals surface area contributed by atoms with E-state index in [4.69, 9.17) is 14.6 Å². The standard InChI is InChI=1S/C26H34N6O6/c1-17(37-24(35)23(33)34)30(11-19-12-31(13-19)25(36)38-26(2,3)4)8-7-20-10-28-22-6-5-18(9-21(20)22)14-32-16-27-15-29-32/h5-6,9-10,15-17,19,28H,7-8,11-14H2,1-4H3,(H,33,34). The third-order valence-electron chi connectivity index (χ3n) is 6.38. The van der Waals surface area contributed by atoms with Gasteiger partial charge in [-0.1, -0.05) is 6.07 Å². The minimum atomic E-state index is -1.63. The van der Waals surface area contributed by atoms with Gasteiger partial charge < -0.3 is 24.5 Å². The highest BCUT2D eigenvalue weighted by molar-refractivity contribution is 6.28. The molecule has 1 atom stereocenters. The second kappa shape index (κ2) is 11.2. The van der Waals surface area contributed by atoms with E-state index in [1.807, 2.05) is 44.0 Å². The molecule has 3 aromatic rings. The van der Waals surface area contributed by atoms with Crippen molar-refractivity contribution in [3.8, 4) is 0 Å². The van der Waals surface area contributed by atoms with Crippen LogP contribution in [0.1, 0.15) is 38.8 Å². The Balaban J connectivity index is 1.42. The molecule has 12 nitrogen and oxygen atoms in total. The van der Waals surface area contributed by atoms with Crippen LogP contribution >= 0.6 is 0 Å². The van der Waals surface area contributed by atoms with E-state index in [2.05, 4.69) is 21.1 Å². The Labute approximate surface area is 220 Å². The first-order valence-corrected chi connectivity index (χ1v) is 12.6. The number of esters is 1. The minimum Gasteiger partial charge on any atom is -0.473 e. The van der Waals surface area contributed by atoms with Crippen LogP contribution < -0.4 is 0 Å². The highest BCUT2D eigenvalue weighted by Gasteiger charge is 2.36. The number of nitrogens with one attached hydrogen (secondary N) is 1. The number of carboxylic acids is 1. The van der Waals surface area contributed by atoms with Gasteiger partial charge in [0, 0.05) is 49.2 Å². The Morgan fingerprint density at radius 1 is 1.26 bits per heavy atom. The minimum absolute atomic E-state index is 0.144. The molecular weight excluding hydrogens is 492 g/mol. The summed E-state index contributed by atoms with van der Waals surface area (Å²) in [6.07, 6.45) is 4.67. The largest absolute Gasteiger partial charge is 0.473 e. The van der Waals surface area contributed by atoms with Crippen molar-refractivity contribution in [2.45, 2.75) is 52.5 Å². The fraction of sp³-hybridized carbons (Fsp3) is 0.500. The summed E-state index contributed by atoms with van der Waals surface area (Å²) in [5.74, 6) is -2.78. The molecule has 2 N–H and O–H groups in total. The summed E-state index contributed by atoms with van der Waals surface area (Å²) in [5, 5.41) is 14.2. The molecule has 0 saturated carbocycles. The number of nitrogens with zero attached hydrogens (tertiary/aromatic N) is 5. The highest BCUT2D eigenvalue weighted by Crippen LogP contribution is 2.24. The third kappa shape index (κ3) is 6.88. The van der Waals surface area contributed by atoms with Crippen molar-refractivity contribution < 1.29 is 29.0 Å². The SMILES string of the molecule is CC(OC(=O)C(=O)O)N(CCc1c[nH]c2ccc(Cn3cncn3)cc12)CC1CN(C(=O)OC(C)(C)C)C1. The predicted octanol–water partition coefficient (Wildman–Crippen LogP) is 2.49. The molecule has 0 radical (unpaired) electrons. The first-order valence-electron chi connectivity index (χ1n) is 12.6. The molecule has 38 heavy (non-hydrogen) atoms. The van der Waals surface area contributed by atoms with Crippen LogP contribution in [0.15, 0.2) is 37.1 Å². The van der Waals surface area contributed by atoms with Gasteiger partial charge in [0.05, 0.1) is 6.54 Å². The van der Waals surface area contributed by atoms with Crippen molar-refractivity contribution >= 4 is 28.9 Å². The topological polar surface area (TPSA) is 143 Å². The second-order valence-electron chi connectivity index (χ2n) is 10.6. The van der Waals surface area contributed by atoms with E-state index in [1.165, 1.54) is 6.33 Å². The van der Waals surface area contributed by atoms with Crippen LogP contribution in [-0.2, 0) is 32.0 Å². The Hall–Kier alpha value is -3.93. The van der Waals surface area contributed by atoms with Crippen LogP contribution in [0.4, 0.5) is 4.79 Å². The number of amides is 1. The van der Waals surface area contributed by atoms with Crippen molar-refractivity contribution in [3.63, 3.8) is 0 Å². The number of carbonyl (C=O) groups excluding carboxylic acids is 2. The van der Waals surface area contributed by atoms with Gasteiger partial charge in [0.25, 0.3) is 0 Å². The van der Waals surface area contributed by atoms with Crippen molar-refractivity contribution in [2.75, 3.05) is 26.2 Å². The molecule has 204 valence electrons. The van der Waals surface area contributed by atoms with Crippen LogP contribution in [0.3, 0.4) is 0 Å². The molecular formula is C26H34N6O6. The van der Waals surface area contributed by atoms with Gasteiger partial charge in [0.15, 0.2) is 6.23 Å². The molecule has 0 aliphatic carbocycles. The van der Waals surface area contributed by atoms with Gasteiger partial charge in [-0.3, -0.25) is 4.90 Å². The molecule has 1 aliphatic rings. The molecule has 4 rings (SSSR count). The smallest absolute Gasteiger partial charge is 0.418 e. The van der Waals surface area contributed by atoms with Crippen molar-refractivity contribution in [1.29, 1.82) is 0 Å². The van der Waals surface area contributed by atoms with E-state index in [9.17, 15) is 14.4 Å².